The standard InChI is InChI=1S/C14H16F5N3O/c1-5-23-11-21-8(13(15,16)14(17,18)19)6-10-20-9(7-22(10)11)12(2,3)4/h6-7H,5H2,1-4H3. The van der Waals surface area contributed by atoms with Crippen molar-refractivity contribution in [3.8, 4) is 6.01 Å². The molecule has 0 aliphatic carbocycles. The summed E-state index contributed by atoms with van der Waals surface area (Å²) < 4.78 is 71.2. The number of halogens is 5. The quantitative estimate of drug-likeness (QED) is 0.792. The molecule has 0 aromatic carbocycles. The van der Waals surface area contributed by atoms with E-state index in [0.29, 0.717) is 11.8 Å². The number of nitrogens with zero attached hydrogens (tertiary/aromatic N) is 3. The van der Waals surface area contributed by atoms with Gasteiger partial charge in [-0.05, 0) is 6.92 Å². The summed E-state index contributed by atoms with van der Waals surface area (Å²) in [6.07, 6.45) is -4.23. The molecule has 0 amide bonds. The molecule has 0 bridgehead atoms. The van der Waals surface area contributed by atoms with E-state index in [4.69, 9.17) is 4.74 Å². The summed E-state index contributed by atoms with van der Waals surface area (Å²) in [5.74, 6) is -5.09. The highest BCUT2D eigenvalue weighted by molar-refractivity contribution is 5.45. The molecular formula is C14H16F5N3O. The molecule has 0 radical (unpaired) electrons. The molecule has 0 saturated carbocycles. The maximum absolute atomic E-state index is 13.6. The summed E-state index contributed by atoms with van der Waals surface area (Å²) in [5.41, 5.74) is -1.41. The van der Waals surface area contributed by atoms with Gasteiger partial charge in [0.2, 0.25) is 0 Å². The molecule has 2 heterocycles. The van der Waals surface area contributed by atoms with Crippen molar-refractivity contribution in [1.82, 2.24) is 14.4 Å². The van der Waals surface area contributed by atoms with E-state index in [9.17, 15) is 22.0 Å². The number of alkyl halides is 5. The predicted octanol–water partition coefficient (Wildman–Crippen LogP) is 4.08. The van der Waals surface area contributed by atoms with Gasteiger partial charge in [-0.3, -0.25) is 4.40 Å². The van der Waals surface area contributed by atoms with E-state index in [-0.39, 0.29) is 18.3 Å². The second-order valence-corrected chi connectivity index (χ2v) is 6.03. The Morgan fingerprint density at radius 3 is 2.13 bits per heavy atom. The zero-order chi connectivity index (χ0) is 17.6. The van der Waals surface area contributed by atoms with Gasteiger partial charge in [0.15, 0.2) is 0 Å². The lowest BCUT2D eigenvalue weighted by molar-refractivity contribution is -0.291. The van der Waals surface area contributed by atoms with Gasteiger partial charge in [-0.2, -0.15) is 26.9 Å². The third-order valence-corrected chi connectivity index (χ3v) is 3.14. The minimum atomic E-state index is -5.75. The largest absolute Gasteiger partial charge is 0.465 e. The number of imidazole rings is 1. The first-order valence-electron chi connectivity index (χ1n) is 6.86. The van der Waals surface area contributed by atoms with Crippen LogP contribution in [0.15, 0.2) is 12.3 Å². The van der Waals surface area contributed by atoms with Crippen LogP contribution in [-0.2, 0) is 11.3 Å². The second kappa shape index (κ2) is 5.31. The number of aromatic nitrogens is 3. The van der Waals surface area contributed by atoms with Gasteiger partial charge in [-0.25, -0.2) is 4.98 Å². The number of rotatable bonds is 3. The van der Waals surface area contributed by atoms with Crippen LogP contribution in [0, 0.1) is 0 Å². The second-order valence-electron chi connectivity index (χ2n) is 6.03. The highest BCUT2D eigenvalue weighted by atomic mass is 19.4. The van der Waals surface area contributed by atoms with Crippen molar-refractivity contribution in [2.24, 2.45) is 0 Å². The Hall–Kier alpha value is -1.93. The Balaban J connectivity index is 2.70. The van der Waals surface area contributed by atoms with Crippen molar-refractivity contribution < 1.29 is 26.7 Å². The molecule has 2 aromatic rings. The molecule has 0 aliphatic heterocycles. The molecule has 2 aromatic heterocycles. The van der Waals surface area contributed by atoms with Crippen LogP contribution >= 0.6 is 0 Å². The fourth-order valence-electron chi connectivity index (χ4n) is 1.86. The average Bonchev–Trinajstić information content (AvgIpc) is 2.81. The third-order valence-electron chi connectivity index (χ3n) is 3.14. The van der Waals surface area contributed by atoms with Crippen LogP contribution < -0.4 is 4.74 Å². The van der Waals surface area contributed by atoms with Crippen LogP contribution in [0.4, 0.5) is 22.0 Å². The Kier molecular flexibility index (Phi) is 4.02. The van der Waals surface area contributed by atoms with E-state index < -0.39 is 23.2 Å². The van der Waals surface area contributed by atoms with Crippen LogP contribution in [0.2, 0.25) is 0 Å². The summed E-state index contributed by atoms with van der Waals surface area (Å²) in [6, 6.07) is 0.276. The van der Waals surface area contributed by atoms with Gasteiger partial charge < -0.3 is 4.74 Å². The minimum Gasteiger partial charge on any atom is -0.465 e. The molecule has 0 unspecified atom stereocenters. The summed E-state index contributed by atoms with van der Waals surface area (Å²) in [5, 5.41) is 0. The SMILES string of the molecule is CCOc1nc(C(F)(F)C(F)(F)F)cc2nc(C(C)(C)C)cn12. The zero-order valence-corrected chi connectivity index (χ0v) is 13.0. The van der Waals surface area contributed by atoms with Crippen molar-refractivity contribution in [3.63, 3.8) is 0 Å². The lowest BCUT2D eigenvalue weighted by Gasteiger charge is -2.19. The van der Waals surface area contributed by atoms with E-state index >= 15 is 0 Å². The van der Waals surface area contributed by atoms with Crippen molar-refractivity contribution >= 4 is 5.65 Å². The average molecular weight is 337 g/mol. The Labute approximate surface area is 129 Å². The molecule has 0 spiro atoms. The maximum Gasteiger partial charge on any atom is 0.459 e. The first-order chi connectivity index (χ1) is 10.4. The van der Waals surface area contributed by atoms with E-state index in [0.717, 1.165) is 0 Å². The lowest BCUT2D eigenvalue weighted by atomic mass is 9.93. The Morgan fingerprint density at radius 1 is 1.04 bits per heavy atom. The van der Waals surface area contributed by atoms with Crippen molar-refractivity contribution in [1.29, 1.82) is 0 Å². The van der Waals surface area contributed by atoms with Crippen LogP contribution in [0.25, 0.3) is 5.65 Å². The van der Waals surface area contributed by atoms with Gasteiger partial charge in [0.05, 0.1) is 12.3 Å². The fraction of sp³-hybridized carbons (Fsp3) is 0.571. The van der Waals surface area contributed by atoms with E-state index in [1.54, 1.807) is 6.92 Å². The van der Waals surface area contributed by atoms with Crippen LogP contribution in [0.1, 0.15) is 39.1 Å². The molecule has 23 heavy (non-hydrogen) atoms. The molecule has 128 valence electrons. The number of hydrogen-bond donors (Lipinski definition) is 0. The third kappa shape index (κ3) is 3.09. The molecule has 0 atom stereocenters. The first kappa shape index (κ1) is 17.4. The number of fused-ring (bicyclic) bond motifs is 1. The summed E-state index contributed by atoms with van der Waals surface area (Å²) in [4.78, 5) is 7.48. The molecule has 2 rings (SSSR count). The maximum atomic E-state index is 13.6. The minimum absolute atomic E-state index is 0.0617. The number of hydrogen-bond acceptors (Lipinski definition) is 3. The van der Waals surface area contributed by atoms with Gasteiger partial charge >= 0.3 is 18.1 Å². The van der Waals surface area contributed by atoms with Crippen molar-refractivity contribution in [3.05, 3.63) is 23.7 Å². The predicted molar refractivity (Wildman–Crippen MR) is 72.8 cm³/mol. The van der Waals surface area contributed by atoms with Gasteiger partial charge in [0.25, 0.3) is 0 Å². The van der Waals surface area contributed by atoms with Crippen LogP contribution in [0.5, 0.6) is 6.01 Å². The normalized spacial score (nSPS) is 13.6. The van der Waals surface area contributed by atoms with E-state index in [1.165, 1.54) is 10.6 Å². The first-order valence-corrected chi connectivity index (χ1v) is 6.86. The summed E-state index contributed by atoms with van der Waals surface area (Å²) >= 11 is 0. The molecule has 0 saturated heterocycles. The lowest BCUT2D eigenvalue weighted by Crippen LogP contribution is -2.34. The van der Waals surface area contributed by atoms with Gasteiger partial charge in [0.1, 0.15) is 11.3 Å². The number of ether oxygens (including phenoxy) is 1. The molecule has 0 N–H and O–H groups in total. The zero-order valence-electron chi connectivity index (χ0n) is 13.0. The smallest absolute Gasteiger partial charge is 0.459 e. The summed E-state index contributed by atoms with van der Waals surface area (Å²) in [6.45, 7) is 7.16. The van der Waals surface area contributed by atoms with Crippen LogP contribution in [-0.4, -0.2) is 27.2 Å². The Bertz CT molecular complexity index is 715. The van der Waals surface area contributed by atoms with E-state index in [1.807, 2.05) is 20.8 Å². The molecule has 0 fully saturated rings. The summed E-state index contributed by atoms with van der Waals surface area (Å²) in [7, 11) is 0. The van der Waals surface area contributed by atoms with Crippen LogP contribution in [0.3, 0.4) is 0 Å². The Morgan fingerprint density at radius 2 is 1.65 bits per heavy atom. The monoisotopic (exact) mass is 337 g/mol. The van der Waals surface area contributed by atoms with Gasteiger partial charge in [-0.15, -0.1) is 0 Å². The molecule has 4 nitrogen and oxygen atoms in total. The van der Waals surface area contributed by atoms with Crippen molar-refractivity contribution in [2.45, 2.75) is 45.2 Å². The highest BCUT2D eigenvalue weighted by Gasteiger charge is 2.60. The molecule has 9 heteroatoms. The van der Waals surface area contributed by atoms with Gasteiger partial charge in [-0.1, -0.05) is 20.8 Å². The van der Waals surface area contributed by atoms with Crippen molar-refractivity contribution in [2.75, 3.05) is 6.61 Å². The van der Waals surface area contributed by atoms with Gasteiger partial charge in [0, 0.05) is 17.7 Å². The topological polar surface area (TPSA) is 39.4 Å². The van der Waals surface area contributed by atoms with E-state index in [2.05, 4.69) is 9.97 Å². The molecular weight excluding hydrogens is 321 g/mol. The fourth-order valence-corrected chi connectivity index (χ4v) is 1.86. The molecule has 0 aliphatic rings. The highest BCUT2D eigenvalue weighted by Crippen LogP contribution is 2.43.